The number of nitrogens with zero attached hydrogens (tertiary/aromatic N) is 1. The highest BCUT2D eigenvalue weighted by atomic mass is 14.8. The van der Waals surface area contributed by atoms with Gasteiger partial charge in [0.05, 0.1) is 0 Å². The van der Waals surface area contributed by atoms with Crippen LogP contribution in [0.25, 0.3) is 11.1 Å². The highest BCUT2D eigenvalue weighted by Gasteiger charge is 1.99. The summed E-state index contributed by atoms with van der Waals surface area (Å²) in [6, 6.07) is 25.1. The molecule has 0 spiro atoms. The van der Waals surface area contributed by atoms with Gasteiger partial charge in [0.25, 0.3) is 0 Å². The fourth-order valence-corrected chi connectivity index (χ4v) is 2.42. The van der Waals surface area contributed by atoms with Gasteiger partial charge in [0.15, 0.2) is 0 Å². The van der Waals surface area contributed by atoms with Crippen molar-refractivity contribution in [1.29, 1.82) is 0 Å². The van der Waals surface area contributed by atoms with Crippen LogP contribution < -0.4 is 5.32 Å². The van der Waals surface area contributed by atoms with Crippen molar-refractivity contribution in [2.45, 2.75) is 13.0 Å². The van der Waals surface area contributed by atoms with E-state index in [4.69, 9.17) is 0 Å². The molecule has 0 fully saturated rings. The van der Waals surface area contributed by atoms with Crippen LogP contribution in [0, 0.1) is 0 Å². The quantitative estimate of drug-likeness (QED) is 0.691. The van der Waals surface area contributed by atoms with Gasteiger partial charge in [-0.15, -0.1) is 0 Å². The maximum atomic E-state index is 4.56. The Bertz CT molecular complexity index is 676. The summed E-state index contributed by atoms with van der Waals surface area (Å²) in [5.41, 5.74) is 4.82. The van der Waals surface area contributed by atoms with E-state index in [2.05, 4.69) is 71.0 Å². The Labute approximate surface area is 131 Å². The summed E-state index contributed by atoms with van der Waals surface area (Å²) in [5.74, 6) is 0. The van der Waals surface area contributed by atoms with Crippen LogP contribution in [0.15, 0.2) is 79.0 Å². The summed E-state index contributed by atoms with van der Waals surface area (Å²) in [7, 11) is 0. The van der Waals surface area contributed by atoms with Gasteiger partial charge < -0.3 is 5.32 Å². The number of hydrogen-bond acceptors (Lipinski definition) is 2. The molecular weight excluding hydrogens is 268 g/mol. The number of nitrogens with one attached hydrogen (secondary N) is 1. The van der Waals surface area contributed by atoms with Crippen molar-refractivity contribution >= 4 is 0 Å². The molecule has 1 heterocycles. The molecule has 3 rings (SSSR count). The van der Waals surface area contributed by atoms with E-state index in [1.807, 2.05) is 18.3 Å². The second-order valence-corrected chi connectivity index (χ2v) is 5.32. The van der Waals surface area contributed by atoms with Crippen LogP contribution in [0.4, 0.5) is 0 Å². The minimum Gasteiger partial charge on any atom is -0.312 e. The molecule has 0 atom stereocenters. The Hall–Kier alpha value is -2.45. The second kappa shape index (κ2) is 7.53. The van der Waals surface area contributed by atoms with Crippen LogP contribution in [0.3, 0.4) is 0 Å². The van der Waals surface area contributed by atoms with Gasteiger partial charge in [-0.05, 0) is 17.2 Å². The molecule has 3 aromatic rings. The maximum absolute atomic E-state index is 4.56. The van der Waals surface area contributed by atoms with E-state index < -0.39 is 0 Å². The predicted molar refractivity (Wildman–Crippen MR) is 91.5 cm³/mol. The second-order valence-electron chi connectivity index (χ2n) is 5.32. The van der Waals surface area contributed by atoms with Crippen molar-refractivity contribution in [2.24, 2.45) is 0 Å². The third-order valence-corrected chi connectivity index (χ3v) is 3.66. The van der Waals surface area contributed by atoms with Gasteiger partial charge in [-0.1, -0.05) is 66.7 Å². The van der Waals surface area contributed by atoms with Crippen molar-refractivity contribution < 1.29 is 0 Å². The van der Waals surface area contributed by atoms with E-state index in [0.29, 0.717) is 0 Å². The fraction of sp³-hybridized carbons (Fsp3) is 0.150. The first-order valence-corrected chi connectivity index (χ1v) is 7.67. The van der Waals surface area contributed by atoms with Crippen LogP contribution in [0.1, 0.15) is 11.3 Å². The number of hydrogen-bond donors (Lipinski definition) is 1. The molecule has 0 radical (unpaired) electrons. The van der Waals surface area contributed by atoms with Gasteiger partial charge in [-0.2, -0.15) is 0 Å². The average Bonchev–Trinajstić information content (AvgIpc) is 2.61. The molecule has 0 aliphatic heterocycles. The average molecular weight is 288 g/mol. The minimum absolute atomic E-state index is 0.906. The lowest BCUT2D eigenvalue weighted by Gasteiger charge is -2.06. The van der Waals surface area contributed by atoms with Gasteiger partial charge in [0.1, 0.15) is 0 Å². The zero-order valence-electron chi connectivity index (χ0n) is 12.6. The van der Waals surface area contributed by atoms with Gasteiger partial charge in [0, 0.05) is 37.0 Å². The standard InChI is InChI=1S/C20H20N2/c1-3-7-17(8-4-1)15-21-14-13-20-12-11-19(16-22-20)18-9-5-2-6-10-18/h1-12,16,21H,13-15H2. The summed E-state index contributed by atoms with van der Waals surface area (Å²) in [6.07, 6.45) is 2.91. The normalized spacial score (nSPS) is 10.5. The first kappa shape index (κ1) is 14.5. The van der Waals surface area contributed by atoms with Crippen molar-refractivity contribution in [3.8, 4) is 11.1 Å². The highest BCUT2D eigenvalue weighted by molar-refractivity contribution is 5.62. The van der Waals surface area contributed by atoms with E-state index in [1.165, 1.54) is 16.7 Å². The fourth-order valence-electron chi connectivity index (χ4n) is 2.42. The zero-order valence-corrected chi connectivity index (χ0v) is 12.6. The maximum Gasteiger partial charge on any atom is 0.0416 e. The topological polar surface area (TPSA) is 24.9 Å². The van der Waals surface area contributed by atoms with E-state index in [1.54, 1.807) is 0 Å². The van der Waals surface area contributed by atoms with Crippen molar-refractivity contribution in [2.75, 3.05) is 6.54 Å². The van der Waals surface area contributed by atoms with Crippen LogP contribution >= 0.6 is 0 Å². The van der Waals surface area contributed by atoms with Crippen molar-refractivity contribution in [3.05, 3.63) is 90.3 Å². The lowest BCUT2D eigenvalue weighted by Crippen LogP contribution is -2.17. The van der Waals surface area contributed by atoms with Gasteiger partial charge in [-0.3, -0.25) is 4.98 Å². The van der Waals surface area contributed by atoms with Gasteiger partial charge >= 0.3 is 0 Å². The smallest absolute Gasteiger partial charge is 0.0416 e. The molecule has 2 aromatic carbocycles. The highest BCUT2D eigenvalue weighted by Crippen LogP contribution is 2.17. The number of pyridine rings is 1. The molecule has 2 nitrogen and oxygen atoms in total. The number of aromatic nitrogens is 1. The summed E-state index contributed by atoms with van der Waals surface area (Å²) >= 11 is 0. The predicted octanol–water partition coefficient (Wildman–Crippen LogP) is 4.08. The third-order valence-electron chi connectivity index (χ3n) is 3.66. The first-order valence-electron chi connectivity index (χ1n) is 7.67. The van der Waals surface area contributed by atoms with Crippen LogP contribution in [0.2, 0.25) is 0 Å². The Kier molecular flexibility index (Phi) is 4.96. The third kappa shape index (κ3) is 4.03. The molecule has 0 saturated carbocycles. The van der Waals surface area contributed by atoms with Crippen LogP contribution in [0.5, 0.6) is 0 Å². The molecule has 0 aliphatic carbocycles. The minimum atomic E-state index is 0.906. The molecule has 1 N–H and O–H groups in total. The summed E-state index contributed by atoms with van der Waals surface area (Å²) in [4.78, 5) is 4.56. The van der Waals surface area contributed by atoms with Gasteiger partial charge in [0.2, 0.25) is 0 Å². The Morgan fingerprint density at radius 2 is 1.45 bits per heavy atom. The first-order chi connectivity index (χ1) is 10.9. The summed E-state index contributed by atoms with van der Waals surface area (Å²) in [5, 5.41) is 3.46. The van der Waals surface area contributed by atoms with Crippen LogP contribution in [-0.2, 0) is 13.0 Å². The van der Waals surface area contributed by atoms with Crippen molar-refractivity contribution in [1.82, 2.24) is 10.3 Å². The molecule has 0 amide bonds. The molecule has 2 heteroatoms. The summed E-state index contributed by atoms with van der Waals surface area (Å²) < 4.78 is 0. The number of rotatable bonds is 6. The monoisotopic (exact) mass is 288 g/mol. The molecular formula is C20H20N2. The van der Waals surface area contributed by atoms with E-state index in [0.717, 1.165) is 25.2 Å². The van der Waals surface area contributed by atoms with E-state index in [-0.39, 0.29) is 0 Å². The zero-order chi connectivity index (χ0) is 15.0. The van der Waals surface area contributed by atoms with E-state index >= 15 is 0 Å². The molecule has 0 saturated heterocycles. The molecule has 22 heavy (non-hydrogen) atoms. The Morgan fingerprint density at radius 3 is 2.14 bits per heavy atom. The van der Waals surface area contributed by atoms with E-state index in [9.17, 15) is 0 Å². The lowest BCUT2D eigenvalue weighted by atomic mass is 10.1. The molecule has 0 unspecified atom stereocenters. The largest absolute Gasteiger partial charge is 0.312 e. The SMILES string of the molecule is c1ccc(CNCCc2ccc(-c3ccccc3)cn2)cc1. The Balaban J connectivity index is 1.49. The van der Waals surface area contributed by atoms with Crippen LogP contribution in [-0.4, -0.2) is 11.5 Å². The molecule has 0 bridgehead atoms. The molecule has 1 aromatic heterocycles. The molecule has 110 valence electrons. The van der Waals surface area contributed by atoms with Crippen molar-refractivity contribution in [3.63, 3.8) is 0 Å². The molecule has 0 aliphatic rings. The summed E-state index contributed by atoms with van der Waals surface area (Å²) in [6.45, 7) is 1.84. The number of benzene rings is 2. The van der Waals surface area contributed by atoms with Gasteiger partial charge in [-0.25, -0.2) is 0 Å². The lowest BCUT2D eigenvalue weighted by molar-refractivity contribution is 0.680. The Morgan fingerprint density at radius 1 is 0.727 bits per heavy atom.